The molecule has 0 spiro atoms. The molecule has 0 amide bonds. The second kappa shape index (κ2) is 4.37. The number of hydrogen-bond donors (Lipinski definition) is 1. The predicted molar refractivity (Wildman–Crippen MR) is 73.8 cm³/mol. The van der Waals surface area contributed by atoms with Crippen molar-refractivity contribution in [1.29, 1.82) is 0 Å². The van der Waals surface area contributed by atoms with Gasteiger partial charge in [-0.3, -0.25) is 4.68 Å². The summed E-state index contributed by atoms with van der Waals surface area (Å²) in [6.45, 7) is 6.07. The highest BCUT2D eigenvalue weighted by atomic mass is 16.5. The second-order valence-corrected chi connectivity index (χ2v) is 4.63. The summed E-state index contributed by atoms with van der Waals surface area (Å²) in [5, 5.41) is 4.47. The summed E-state index contributed by atoms with van der Waals surface area (Å²) in [7, 11) is 3.55. The molecule has 1 heterocycles. The topological polar surface area (TPSA) is 53.1 Å². The lowest BCUT2D eigenvalue weighted by Gasteiger charge is -2.10. The minimum absolute atomic E-state index is 0.705. The van der Waals surface area contributed by atoms with Crippen molar-refractivity contribution in [1.82, 2.24) is 9.78 Å². The molecule has 0 saturated carbocycles. The Bertz CT molecular complexity index is 576. The van der Waals surface area contributed by atoms with Crippen LogP contribution in [0.4, 0.5) is 5.82 Å². The van der Waals surface area contributed by atoms with Crippen LogP contribution in [0.25, 0.3) is 11.3 Å². The number of nitrogen functional groups attached to an aromatic ring is 1. The lowest BCUT2D eigenvalue weighted by atomic mass is 10.0. The van der Waals surface area contributed by atoms with E-state index in [1.807, 2.05) is 27.8 Å². The van der Waals surface area contributed by atoms with Crippen LogP contribution < -0.4 is 10.5 Å². The van der Waals surface area contributed by atoms with E-state index in [1.54, 1.807) is 11.8 Å². The van der Waals surface area contributed by atoms with E-state index >= 15 is 0 Å². The Balaban J connectivity index is 2.62. The predicted octanol–water partition coefficient (Wildman–Crippen LogP) is 2.60. The molecule has 1 aromatic heterocycles. The molecule has 2 N–H and O–H groups in total. The summed E-state index contributed by atoms with van der Waals surface area (Å²) in [5.41, 5.74) is 11.2. The van der Waals surface area contributed by atoms with Crippen LogP contribution >= 0.6 is 0 Å². The van der Waals surface area contributed by atoms with Gasteiger partial charge in [-0.1, -0.05) is 0 Å². The molecule has 0 aliphatic rings. The molecule has 4 nitrogen and oxygen atoms in total. The van der Waals surface area contributed by atoms with Crippen LogP contribution in [0.1, 0.15) is 16.7 Å². The standard InChI is InChI=1S/C14H19N3O/c1-8-6-11(7-9(2)13(8)18-5)12-10(3)14(15)17(4)16-12/h6-7H,15H2,1-5H3. The Morgan fingerprint density at radius 2 is 1.72 bits per heavy atom. The first-order valence-corrected chi connectivity index (χ1v) is 5.90. The van der Waals surface area contributed by atoms with Crippen LogP contribution in [0.2, 0.25) is 0 Å². The minimum atomic E-state index is 0.705. The number of nitrogens with two attached hydrogens (primary N) is 1. The number of benzene rings is 1. The van der Waals surface area contributed by atoms with Gasteiger partial charge >= 0.3 is 0 Å². The molecule has 0 unspecified atom stereocenters. The number of ether oxygens (including phenoxy) is 1. The third-order valence-electron chi connectivity index (χ3n) is 3.28. The molecule has 2 rings (SSSR count). The van der Waals surface area contributed by atoms with Crippen molar-refractivity contribution in [3.8, 4) is 17.0 Å². The van der Waals surface area contributed by atoms with Crippen LogP contribution in [0.3, 0.4) is 0 Å². The van der Waals surface area contributed by atoms with Gasteiger partial charge in [0.05, 0.1) is 12.8 Å². The third kappa shape index (κ3) is 1.83. The van der Waals surface area contributed by atoms with Crippen LogP contribution in [-0.2, 0) is 7.05 Å². The lowest BCUT2D eigenvalue weighted by Crippen LogP contribution is -1.97. The highest BCUT2D eigenvalue weighted by Gasteiger charge is 2.14. The molecule has 0 saturated heterocycles. The molecular formula is C14H19N3O. The molecule has 0 radical (unpaired) electrons. The van der Waals surface area contributed by atoms with Gasteiger partial charge in [-0.05, 0) is 44.0 Å². The second-order valence-electron chi connectivity index (χ2n) is 4.63. The Hall–Kier alpha value is -1.97. The summed E-state index contributed by atoms with van der Waals surface area (Å²) in [6, 6.07) is 4.17. The van der Waals surface area contributed by atoms with Gasteiger partial charge in [0, 0.05) is 18.2 Å². The Kier molecular flexibility index (Phi) is 3.03. The number of nitrogens with zero attached hydrogens (tertiary/aromatic N) is 2. The molecule has 0 aliphatic carbocycles. The monoisotopic (exact) mass is 245 g/mol. The molecule has 1 aromatic carbocycles. The van der Waals surface area contributed by atoms with Gasteiger partial charge in [-0.2, -0.15) is 5.10 Å². The van der Waals surface area contributed by atoms with E-state index in [9.17, 15) is 0 Å². The van der Waals surface area contributed by atoms with Gasteiger partial charge in [0.25, 0.3) is 0 Å². The van der Waals surface area contributed by atoms with E-state index in [0.717, 1.165) is 33.7 Å². The largest absolute Gasteiger partial charge is 0.496 e. The number of rotatable bonds is 2. The van der Waals surface area contributed by atoms with Crippen molar-refractivity contribution in [2.75, 3.05) is 12.8 Å². The average Bonchev–Trinajstić information content (AvgIpc) is 2.56. The molecular weight excluding hydrogens is 226 g/mol. The minimum Gasteiger partial charge on any atom is -0.496 e. The van der Waals surface area contributed by atoms with E-state index in [1.165, 1.54) is 0 Å². The molecule has 18 heavy (non-hydrogen) atoms. The number of anilines is 1. The van der Waals surface area contributed by atoms with Crippen LogP contribution in [-0.4, -0.2) is 16.9 Å². The van der Waals surface area contributed by atoms with Crippen LogP contribution in [0, 0.1) is 20.8 Å². The van der Waals surface area contributed by atoms with Crippen molar-refractivity contribution < 1.29 is 4.74 Å². The van der Waals surface area contributed by atoms with Gasteiger partial charge in [0.15, 0.2) is 0 Å². The van der Waals surface area contributed by atoms with E-state index in [4.69, 9.17) is 10.5 Å². The Labute approximate surface area is 107 Å². The molecule has 2 aromatic rings. The fourth-order valence-corrected chi connectivity index (χ4v) is 2.33. The molecule has 0 fully saturated rings. The molecule has 0 aliphatic heterocycles. The van der Waals surface area contributed by atoms with E-state index in [0.29, 0.717) is 5.82 Å². The fraction of sp³-hybridized carbons (Fsp3) is 0.357. The zero-order valence-electron chi connectivity index (χ0n) is 11.5. The van der Waals surface area contributed by atoms with Crippen molar-refractivity contribution >= 4 is 5.82 Å². The number of aromatic nitrogens is 2. The van der Waals surface area contributed by atoms with Crippen molar-refractivity contribution in [3.63, 3.8) is 0 Å². The SMILES string of the molecule is COc1c(C)cc(-c2nn(C)c(N)c2C)cc1C. The first-order chi connectivity index (χ1) is 8.45. The van der Waals surface area contributed by atoms with Crippen molar-refractivity contribution in [2.24, 2.45) is 7.05 Å². The van der Waals surface area contributed by atoms with Crippen LogP contribution in [0.5, 0.6) is 5.75 Å². The molecule has 96 valence electrons. The van der Waals surface area contributed by atoms with Crippen molar-refractivity contribution in [3.05, 3.63) is 28.8 Å². The van der Waals surface area contributed by atoms with Gasteiger partial charge in [-0.15, -0.1) is 0 Å². The summed E-state index contributed by atoms with van der Waals surface area (Å²) < 4.78 is 7.08. The third-order valence-corrected chi connectivity index (χ3v) is 3.28. The normalized spacial score (nSPS) is 10.7. The molecule has 4 heteroatoms. The quantitative estimate of drug-likeness (QED) is 0.884. The average molecular weight is 245 g/mol. The summed E-state index contributed by atoms with van der Waals surface area (Å²) in [5.74, 6) is 1.64. The lowest BCUT2D eigenvalue weighted by molar-refractivity contribution is 0.408. The maximum atomic E-state index is 5.95. The zero-order valence-corrected chi connectivity index (χ0v) is 11.5. The highest BCUT2D eigenvalue weighted by molar-refractivity contribution is 5.70. The first kappa shape index (κ1) is 12.5. The van der Waals surface area contributed by atoms with Crippen LogP contribution in [0.15, 0.2) is 12.1 Å². The number of hydrogen-bond acceptors (Lipinski definition) is 3. The van der Waals surface area contributed by atoms with E-state index in [-0.39, 0.29) is 0 Å². The van der Waals surface area contributed by atoms with Gasteiger partial charge in [0.2, 0.25) is 0 Å². The molecule has 0 bridgehead atoms. The summed E-state index contributed by atoms with van der Waals surface area (Å²) in [4.78, 5) is 0. The van der Waals surface area contributed by atoms with Gasteiger partial charge < -0.3 is 10.5 Å². The smallest absolute Gasteiger partial charge is 0.124 e. The highest BCUT2D eigenvalue weighted by Crippen LogP contribution is 2.32. The van der Waals surface area contributed by atoms with Gasteiger partial charge in [0.1, 0.15) is 11.6 Å². The van der Waals surface area contributed by atoms with E-state index < -0.39 is 0 Å². The van der Waals surface area contributed by atoms with Crippen molar-refractivity contribution in [2.45, 2.75) is 20.8 Å². The fourth-order valence-electron chi connectivity index (χ4n) is 2.33. The number of aryl methyl sites for hydroxylation is 3. The zero-order chi connectivity index (χ0) is 13.4. The van der Waals surface area contributed by atoms with E-state index in [2.05, 4.69) is 17.2 Å². The maximum Gasteiger partial charge on any atom is 0.124 e. The molecule has 0 atom stereocenters. The summed E-state index contributed by atoms with van der Waals surface area (Å²) in [6.07, 6.45) is 0. The Morgan fingerprint density at radius 1 is 1.17 bits per heavy atom. The first-order valence-electron chi connectivity index (χ1n) is 5.90. The van der Waals surface area contributed by atoms with Gasteiger partial charge in [-0.25, -0.2) is 0 Å². The number of methoxy groups -OCH3 is 1. The Morgan fingerprint density at radius 3 is 2.11 bits per heavy atom. The summed E-state index contributed by atoms with van der Waals surface area (Å²) >= 11 is 0. The maximum absolute atomic E-state index is 5.95.